The van der Waals surface area contributed by atoms with Crippen molar-refractivity contribution in [2.75, 3.05) is 13.7 Å². The number of hydrogen-bond donors (Lipinski definition) is 1. The van der Waals surface area contributed by atoms with E-state index in [4.69, 9.17) is 4.74 Å². The molecule has 0 bridgehead atoms. The highest BCUT2D eigenvalue weighted by atomic mass is 32.1. The lowest BCUT2D eigenvalue weighted by atomic mass is 10.0. The minimum atomic E-state index is -0.293. The van der Waals surface area contributed by atoms with Crippen LogP contribution in [-0.2, 0) is 6.42 Å². The predicted octanol–water partition coefficient (Wildman–Crippen LogP) is 3.28. The molecule has 0 saturated heterocycles. The van der Waals surface area contributed by atoms with Crippen molar-refractivity contribution in [2.24, 2.45) is 0 Å². The first-order valence-electron chi connectivity index (χ1n) is 7.01. The van der Waals surface area contributed by atoms with E-state index in [9.17, 15) is 4.39 Å². The molecule has 6 heteroatoms. The zero-order chi connectivity index (χ0) is 15.2. The van der Waals surface area contributed by atoms with Crippen LogP contribution in [0.25, 0.3) is 0 Å². The first kappa shape index (κ1) is 15.9. The highest BCUT2D eigenvalue weighted by molar-refractivity contribution is 7.05. The maximum atomic E-state index is 14.3. The molecule has 114 valence electrons. The molecule has 1 unspecified atom stereocenters. The maximum absolute atomic E-state index is 14.3. The normalized spacial score (nSPS) is 12.4. The van der Waals surface area contributed by atoms with Crippen molar-refractivity contribution in [1.29, 1.82) is 0 Å². The van der Waals surface area contributed by atoms with Gasteiger partial charge in [-0.15, -0.1) is 5.10 Å². The summed E-state index contributed by atoms with van der Waals surface area (Å²) in [5, 5.41) is 7.50. The largest absolute Gasteiger partial charge is 0.494 e. The van der Waals surface area contributed by atoms with Gasteiger partial charge in [-0.25, -0.2) is 4.39 Å². The van der Waals surface area contributed by atoms with Crippen LogP contribution < -0.4 is 10.1 Å². The topological polar surface area (TPSA) is 47.0 Å². The Morgan fingerprint density at radius 2 is 2.24 bits per heavy atom. The van der Waals surface area contributed by atoms with Crippen LogP contribution in [0.15, 0.2) is 18.2 Å². The number of hydrogen-bond acceptors (Lipinski definition) is 5. The summed E-state index contributed by atoms with van der Waals surface area (Å²) in [7, 11) is 1.48. The Hall–Kier alpha value is -1.53. The van der Waals surface area contributed by atoms with Crippen molar-refractivity contribution in [3.05, 3.63) is 40.2 Å². The van der Waals surface area contributed by atoms with Gasteiger partial charge in [-0.1, -0.05) is 23.5 Å². The Morgan fingerprint density at radius 3 is 2.86 bits per heavy atom. The molecule has 21 heavy (non-hydrogen) atoms. The molecule has 0 aliphatic heterocycles. The summed E-state index contributed by atoms with van der Waals surface area (Å²) in [6.45, 7) is 4.91. The Morgan fingerprint density at radius 1 is 1.43 bits per heavy atom. The SMILES string of the molecule is CCCNC(Cc1cccc(OC)c1F)c1snnc1C. The summed E-state index contributed by atoms with van der Waals surface area (Å²) in [6.07, 6.45) is 1.57. The van der Waals surface area contributed by atoms with Crippen molar-refractivity contribution < 1.29 is 9.13 Å². The molecule has 0 fully saturated rings. The highest BCUT2D eigenvalue weighted by Gasteiger charge is 2.20. The van der Waals surface area contributed by atoms with Gasteiger partial charge in [0.2, 0.25) is 0 Å². The van der Waals surface area contributed by atoms with Crippen molar-refractivity contribution in [3.63, 3.8) is 0 Å². The Labute approximate surface area is 128 Å². The van der Waals surface area contributed by atoms with Crippen LogP contribution in [0, 0.1) is 12.7 Å². The van der Waals surface area contributed by atoms with Crippen molar-refractivity contribution >= 4 is 11.5 Å². The van der Waals surface area contributed by atoms with Gasteiger partial charge in [0, 0.05) is 6.04 Å². The van der Waals surface area contributed by atoms with E-state index in [0.29, 0.717) is 12.0 Å². The van der Waals surface area contributed by atoms with Gasteiger partial charge < -0.3 is 10.1 Å². The first-order chi connectivity index (χ1) is 10.2. The summed E-state index contributed by atoms with van der Waals surface area (Å²) in [4.78, 5) is 1.06. The number of aryl methyl sites for hydroxylation is 1. The average Bonchev–Trinajstić information content (AvgIpc) is 2.91. The third-order valence-corrected chi connectivity index (χ3v) is 4.27. The molecule has 0 amide bonds. The van der Waals surface area contributed by atoms with E-state index in [1.807, 2.05) is 13.0 Å². The molecule has 2 rings (SSSR count). The maximum Gasteiger partial charge on any atom is 0.168 e. The number of methoxy groups -OCH3 is 1. The fourth-order valence-electron chi connectivity index (χ4n) is 2.22. The molecule has 0 aliphatic carbocycles. The standard InChI is InChI=1S/C15H20FN3OS/c1-4-8-17-12(15-10(2)18-19-21-15)9-11-6-5-7-13(20-3)14(11)16/h5-7,12,17H,4,8-9H2,1-3H3. The summed E-state index contributed by atoms with van der Waals surface area (Å²) >= 11 is 1.37. The Bertz CT molecular complexity index is 588. The van der Waals surface area contributed by atoms with E-state index < -0.39 is 0 Å². The minimum Gasteiger partial charge on any atom is -0.494 e. The molecule has 2 aromatic rings. The number of rotatable bonds is 7. The molecule has 1 N–H and O–H groups in total. The van der Waals surface area contributed by atoms with Gasteiger partial charge in [0.15, 0.2) is 11.6 Å². The molecule has 1 aromatic carbocycles. The summed E-state index contributed by atoms with van der Waals surface area (Å²) < 4.78 is 23.3. The van der Waals surface area contributed by atoms with Crippen molar-refractivity contribution in [3.8, 4) is 5.75 Å². The Kier molecular flexibility index (Phi) is 5.64. The lowest BCUT2D eigenvalue weighted by Gasteiger charge is -2.18. The van der Waals surface area contributed by atoms with Gasteiger partial charge in [-0.2, -0.15) is 0 Å². The number of nitrogens with one attached hydrogen (secondary N) is 1. The lowest BCUT2D eigenvalue weighted by molar-refractivity contribution is 0.382. The van der Waals surface area contributed by atoms with Crippen molar-refractivity contribution in [1.82, 2.24) is 14.9 Å². The van der Waals surface area contributed by atoms with E-state index in [1.54, 1.807) is 12.1 Å². The quantitative estimate of drug-likeness (QED) is 0.852. The van der Waals surface area contributed by atoms with Crippen LogP contribution in [0.1, 0.15) is 35.5 Å². The van der Waals surface area contributed by atoms with Crippen LogP contribution in [0.2, 0.25) is 0 Å². The number of benzene rings is 1. The lowest BCUT2D eigenvalue weighted by Crippen LogP contribution is -2.24. The number of nitrogens with zero attached hydrogens (tertiary/aromatic N) is 2. The van der Waals surface area contributed by atoms with E-state index in [1.165, 1.54) is 18.6 Å². The Balaban J connectivity index is 2.25. The number of halogens is 1. The van der Waals surface area contributed by atoms with Crippen molar-refractivity contribution in [2.45, 2.75) is 32.7 Å². The van der Waals surface area contributed by atoms with E-state index in [0.717, 1.165) is 23.5 Å². The number of aromatic nitrogens is 2. The van der Waals surface area contributed by atoms with Crippen LogP contribution in [0.4, 0.5) is 4.39 Å². The van der Waals surface area contributed by atoms with Gasteiger partial charge >= 0.3 is 0 Å². The molecule has 0 spiro atoms. The van der Waals surface area contributed by atoms with Crippen LogP contribution >= 0.6 is 11.5 Å². The predicted molar refractivity (Wildman–Crippen MR) is 82.3 cm³/mol. The zero-order valence-electron chi connectivity index (χ0n) is 12.5. The third kappa shape index (κ3) is 3.77. The second-order valence-corrected chi connectivity index (χ2v) is 5.65. The molecular formula is C15H20FN3OS. The highest BCUT2D eigenvalue weighted by Crippen LogP contribution is 2.27. The molecule has 0 saturated carbocycles. The van der Waals surface area contributed by atoms with Gasteiger partial charge in [0.1, 0.15) is 0 Å². The smallest absolute Gasteiger partial charge is 0.168 e. The fourth-order valence-corrected chi connectivity index (χ4v) is 2.94. The first-order valence-corrected chi connectivity index (χ1v) is 7.78. The van der Waals surface area contributed by atoms with E-state index in [-0.39, 0.29) is 17.6 Å². The van der Waals surface area contributed by atoms with E-state index in [2.05, 4.69) is 21.8 Å². The third-order valence-electron chi connectivity index (χ3n) is 3.33. The van der Waals surface area contributed by atoms with Gasteiger partial charge in [0.25, 0.3) is 0 Å². The summed E-state index contributed by atoms with van der Waals surface area (Å²) in [5.41, 5.74) is 1.53. The second-order valence-electron chi connectivity index (χ2n) is 4.87. The summed E-state index contributed by atoms with van der Waals surface area (Å²) in [6, 6.07) is 5.26. The molecule has 4 nitrogen and oxygen atoms in total. The molecule has 1 aromatic heterocycles. The molecule has 0 aliphatic rings. The average molecular weight is 309 g/mol. The zero-order valence-corrected chi connectivity index (χ0v) is 13.3. The van der Waals surface area contributed by atoms with E-state index >= 15 is 0 Å². The fraction of sp³-hybridized carbons (Fsp3) is 0.467. The number of ether oxygens (including phenoxy) is 1. The molecule has 0 radical (unpaired) electrons. The molecule has 1 heterocycles. The minimum absolute atomic E-state index is 0.0200. The van der Waals surface area contributed by atoms with Gasteiger partial charge in [-0.3, -0.25) is 0 Å². The van der Waals surface area contributed by atoms with Crippen LogP contribution in [0.5, 0.6) is 5.75 Å². The second kappa shape index (κ2) is 7.47. The van der Waals surface area contributed by atoms with Crippen LogP contribution in [0.3, 0.4) is 0 Å². The summed E-state index contributed by atoms with van der Waals surface area (Å²) in [5.74, 6) is -0.0145. The van der Waals surface area contributed by atoms with Gasteiger partial charge in [-0.05, 0) is 49.5 Å². The molecular weight excluding hydrogens is 289 g/mol. The van der Waals surface area contributed by atoms with Crippen LogP contribution in [-0.4, -0.2) is 23.2 Å². The molecule has 1 atom stereocenters. The van der Waals surface area contributed by atoms with Gasteiger partial charge in [0.05, 0.1) is 17.7 Å². The monoisotopic (exact) mass is 309 g/mol.